The first-order valence-electron chi connectivity index (χ1n) is 9.02. The van der Waals surface area contributed by atoms with Crippen molar-refractivity contribution >= 4 is 29.1 Å². The van der Waals surface area contributed by atoms with Gasteiger partial charge in [0.25, 0.3) is 11.8 Å². The Morgan fingerprint density at radius 3 is 2.82 bits per heavy atom. The second-order valence-corrected chi connectivity index (χ2v) is 7.54. The quantitative estimate of drug-likeness (QED) is 0.666. The molecule has 3 aromatic rings. The number of amides is 2. The molecule has 0 saturated heterocycles. The summed E-state index contributed by atoms with van der Waals surface area (Å²) in [5.74, 6) is -0.184. The van der Waals surface area contributed by atoms with Crippen LogP contribution in [-0.2, 0) is 6.42 Å². The number of nitrogens with zero attached hydrogens (tertiary/aromatic N) is 5. The van der Waals surface area contributed by atoms with Gasteiger partial charge in [0.05, 0.1) is 17.3 Å². The maximum absolute atomic E-state index is 13.1. The van der Waals surface area contributed by atoms with Gasteiger partial charge in [0.2, 0.25) is 0 Å². The van der Waals surface area contributed by atoms with Crippen LogP contribution >= 0.6 is 11.6 Å². The molecule has 1 aromatic carbocycles. The van der Waals surface area contributed by atoms with Crippen molar-refractivity contribution in [3.05, 3.63) is 64.1 Å². The van der Waals surface area contributed by atoms with E-state index in [0.29, 0.717) is 34.9 Å². The van der Waals surface area contributed by atoms with E-state index in [9.17, 15) is 9.59 Å². The molecule has 1 aliphatic heterocycles. The van der Waals surface area contributed by atoms with Crippen molar-refractivity contribution in [2.24, 2.45) is 0 Å². The first-order valence-corrected chi connectivity index (χ1v) is 9.40. The fraction of sp³-hybridized carbons (Fsp3) is 0.300. The minimum absolute atomic E-state index is 0.0212. The van der Waals surface area contributed by atoms with E-state index in [1.54, 1.807) is 36.2 Å². The van der Waals surface area contributed by atoms with Gasteiger partial charge in [-0.05, 0) is 30.5 Å². The maximum atomic E-state index is 13.1. The molecule has 0 radical (unpaired) electrons. The zero-order valence-electron chi connectivity index (χ0n) is 15.9. The van der Waals surface area contributed by atoms with Crippen molar-refractivity contribution in [2.45, 2.75) is 19.4 Å². The zero-order chi connectivity index (χ0) is 20.0. The van der Waals surface area contributed by atoms with Gasteiger partial charge < -0.3 is 9.80 Å². The van der Waals surface area contributed by atoms with Crippen molar-refractivity contribution in [2.75, 3.05) is 20.6 Å². The van der Waals surface area contributed by atoms with Crippen LogP contribution in [0.25, 0.3) is 5.65 Å². The van der Waals surface area contributed by atoms with Gasteiger partial charge in [-0.3, -0.25) is 9.59 Å². The second-order valence-electron chi connectivity index (χ2n) is 7.10. The van der Waals surface area contributed by atoms with Crippen LogP contribution < -0.4 is 0 Å². The van der Waals surface area contributed by atoms with Crippen molar-refractivity contribution in [3.8, 4) is 0 Å². The Morgan fingerprint density at radius 1 is 1.29 bits per heavy atom. The molecule has 3 heterocycles. The van der Waals surface area contributed by atoms with E-state index in [0.717, 1.165) is 11.1 Å². The number of fused-ring (bicyclic) bond motifs is 2. The molecule has 0 N–H and O–H groups in total. The lowest BCUT2D eigenvalue weighted by molar-refractivity contribution is 0.0670. The van der Waals surface area contributed by atoms with Gasteiger partial charge in [-0.25, -0.2) is 9.50 Å². The molecule has 2 amide bonds. The summed E-state index contributed by atoms with van der Waals surface area (Å²) in [4.78, 5) is 33.2. The maximum Gasteiger partial charge on any atom is 0.274 e. The highest BCUT2D eigenvalue weighted by Gasteiger charge is 2.32. The predicted molar refractivity (Wildman–Crippen MR) is 106 cm³/mol. The lowest BCUT2D eigenvalue weighted by atomic mass is 9.89. The van der Waals surface area contributed by atoms with Gasteiger partial charge >= 0.3 is 0 Å². The molecule has 1 unspecified atom stereocenters. The lowest BCUT2D eigenvalue weighted by Gasteiger charge is -2.35. The molecule has 1 atom stereocenters. The topological polar surface area (TPSA) is 70.8 Å². The summed E-state index contributed by atoms with van der Waals surface area (Å²) in [6, 6.07) is 7.20. The third-order valence-electron chi connectivity index (χ3n) is 5.13. The predicted octanol–water partition coefficient (Wildman–Crippen LogP) is 2.84. The summed E-state index contributed by atoms with van der Waals surface area (Å²) in [5.41, 5.74) is 3.61. The average Bonchev–Trinajstić information content (AvgIpc) is 3.10. The van der Waals surface area contributed by atoms with Crippen LogP contribution in [0.1, 0.15) is 44.9 Å². The summed E-state index contributed by atoms with van der Waals surface area (Å²) < 4.78 is 1.51. The zero-order valence-corrected chi connectivity index (χ0v) is 16.6. The van der Waals surface area contributed by atoms with Crippen molar-refractivity contribution < 1.29 is 9.59 Å². The number of benzene rings is 1. The van der Waals surface area contributed by atoms with Crippen LogP contribution in [0.3, 0.4) is 0 Å². The van der Waals surface area contributed by atoms with E-state index >= 15 is 0 Å². The Morgan fingerprint density at radius 2 is 2.07 bits per heavy atom. The summed E-state index contributed by atoms with van der Waals surface area (Å²) in [7, 11) is 3.49. The third-order valence-corrected chi connectivity index (χ3v) is 5.33. The number of carbonyl (C=O) groups is 2. The van der Waals surface area contributed by atoms with Gasteiger partial charge in [0, 0.05) is 38.5 Å². The molecule has 1 aliphatic rings. The minimum atomic E-state index is -0.163. The van der Waals surface area contributed by atoms with Crippen LogP contribution in [0.4, 0.5) is 0 Å². The number of hydrogen-bond acceptors (Lipinski definition) is 4. The number of rotatable bonds is 2. The van der Waals surface area contributed by atoms with E-state index in [-0.39, 0.29) is 17.9 Å². The first kappa shape index (κ1) is 18.4. The van der Waals surface area contributed by atoms with Crippen LogP contribution in [0.2, 0.25) is 5.02 Å². The molecule has 7 nitrogen and oxygen atoms in total. The lowest BCUT2D eigenvalue weighted by Crippen LogP contribution is -2.40. The van der Waals surface area contributed by atoms with E-state index < -0.39 is 0 Å². The van der Waals surface area contributed by atoms with Crippen LogP contribution in [0, 0.1) is 0 Å². The standard InChI is InChI=1S/C20H20ClN5O2/c1-12-14-5-4-6-16(19(27)24(2)3)15(14)7-8-25(12)20(28)17-9-18-22-10-13(21)11-26(18)23-17/h4-6,9-12H,7-8H2,1-3H3. The number of halogens is 1. The molecular formula is C20H20ClN5O2. The minimum Gasteiger partial charge on any atom is -0.345 e. The summed E-state index contributed by atoms with van der Waals surface area (Å²) in [5, 5.41) is 4.78. The molecule has 144 valence electrons. The monoisotopic (exact) mass is 397 g/mol. The highest BCUT2D eigenvalue weighted by molar-refractivity contribution is 6.30. The largest absolute Gasteiger partial charge is 0.345 e. The summed E-state index contributed by atoms with van der Waals surface area (Å²) >= 11 is 5.95. The average molecular weight is 398 g/mol. The molecule has 28 heavy (non-hydrogen) atoms. The Labute approximate surface area is 167 Å². The number of aromatic nitrogens is 3. The summed E-state index contributed by atoms with van der Waals surface area (Å²) in [6.07, 6.45) is 3.77. The molecule has 0 bridgehead atoms. The van der Waals surface area contributed by atoms with E-state index in [2.05, 4.69) is 10.1 Å². The van der Waals surface area contributed by atoms with Gasteiger partial charge in [-0.1, -0.05) is 23.7 Å². The normalized spacial score (nSPS) is 16.1. The molecule has 0 aliphatic carbocycles. The van der Waals surface area contributed by atoms with Crippen LogP contribution in [0.15, 0.2) is 36.7 Å². The first-order chi connectivity index (χ1) is 13.4. The SMILES string of the molecule is CC1c2cccc(C(=O)N(C)C)c2CCN1C(=O)c1cc2ncc(Cl)cn2n1. The van der Waals surface area contributed by atoms with Crippen molar-refractivity contribution in [1.82, 2.24) is 24.4 Å². The van der Waals surface area contributed by atoms with Gasteiger partial charge in [0.15, 0.2) is 11.3 Å². The Bertz CT molecular complexity index is 1090. The molecule has 0 spiro atoms. The van der Waals surface area contributed by atoms with Gasteiger partial charge in [0.1, 0.15) is 0 Å². The molecule has 4 rings (SSSR count). The fourth-order valence-corrected chi connectivity index (χ4v) is 3.83. The molecular weight excluding hydrogens is 378 g/mol. The Hall–Kier alpha value is -2.93. The molecule has 0 saturated carbocycles. The van der Waals surface area contributed by atoms with Crippen LogP contribution in [0.5, 0.6) is 0 Å². The van der Waals surface area contributed by atoms with Crippen LogP contribution in [-0.4, -0.2) is 56.9 Å². The Kier molecular flexibility index (Phi) is 4.55. The van der Waals surface area contributed by atoms with Gasteiger partial charge in [-0.15, -0.1) is 0 Å². The second kappa shape index (κ2) is 6.91. The number of carbonyl (C=O) groups excluding carboxylic acids is 2. The van der Waals surface area contributed by atoms with Crippen molar-refractivity contribution in [3.63, 3.8) is 0 Å². The van der Waals surface area contributed by atoms with Crippen molar-refractivity contribution in [1.29, 1.82) is 0 Å². The van der Waals surface area contributed by atoms with E-state index in [4.69, 9.17) is 11.6 Å². The molecule has 8 heteroatoms. The highest BCUT2D eigenvalue weighted by atomic mass is 35.5. The highest BCUT2D eigenvalue weighted by Crippen LogP contribution is 2.32. The van der Waals surface area contributed by atoms with E-state index in [1.807, 2.05) is 25.1 Å². The third kappa shape index (κ3) is 3.01. The molecule has 2 aromatic heterocycles. The van der Waals surface area contributed by atoms with Gasteiger partial charge in [-0.2, -0.15) is 5.10 Å². The fourth-order valence-electron chi connectivity index (χ4n) is 3.69. The number of hydrogen-bond donors (Lipinski definition) is 0. The van der Waals surface area contributed by atoms with E-state index in [1.165, 1.54) is 10.7 Å². The Balaban J connectivity index is 1.67. The summed E-state index contributed by atoms with van der Waals surface area (Å²) in [6.45, 7) is 2.50. The smallest absolute Gasteiger partial charge is 0.274 e. The molecule has 0 fully saturated rings.